The summed E-state index contributed by atoms with van der Waals surface area (Å²) in [6.07, 6.45) is 2.88. The first-order valence-corrected chi connectivity index (χ1v) is 6.95. The van der Waals surface area contributed by atoms with Crippen LogP contribution in [0, 0.1) is 9.49 Å². The molecule has 88 valence electrons. The maximum absolute atomic E-state index is 6.09. The van der Waals surface area contributed by atoms with Crippen LogP contribution >= 0.6 is 34.2 Å². The second-order valence-electron chi connectivity index (χ2n) is 3.98. The summed E-state index contributed by atoms with van der Waals surface area (Å²) in [5.74, 6) is 1.42. The highest BCUT2D eigenvalue weighted by atomic mass is 127. The number of halogens is 2. The minimum absolute atomic E-state index is 0.556. The van der Waals surface area contributed by atoms with Gasteiger partial charge in [0.1, 0.15) is 11.0 Å². The molecule has 3 nitrogen and oxygen atoms in total. The van der Waals surface area contributed by atoms with Crippen molar-refractivity contribution in [3.8, 4) is 0 Å². The van der Waals surface area contributed by atoms with E-state index in [2.05, 4.69) is 39.5 Å². The van der Waals surface area contributed by atoms with E-state index < -0.39 is 0 Å². The molecule has 16 heavy (non-hydrogen) atoms. The molecule has 2 heterocycles. The van der Waals surface area contributed by atoms with Crippen molar-refractivity contribution in [1.29, 1.82) is 0 Å². The van der Waals surface area contributed by atoms with Gasteiger partial charge < -0.3 is 4.74 Å². The SMILES string of the molecule is CCc1nc(CC2CCOC2)nc(Cl)c1I. The lowest BCUT2D eigenvalue weighted by atomic mass is 10.0. The van der Waals surface area contributed by atoms with Crippen LogP contribution in [-0.4, -0.2) is 23.2 Å². The summed E-state index contributed by atoms with van der Waals surface area (Å²) in [4.78, 5) is 8.89. The third kappa shape index (κ3) is 2.84. The smallest absolute Gasteiger partial charge is 0.146 e. The lowest BCUT2D eigenvalue weighted by Gasteiger charge is -2.09. The molecule has 0 saturated carbocycles. The van der Waals surface area contributed by atoms with Gasteiger partial charge in [-0.3, -0.25) is 0 Å². The highest BCUT2D eigenvalue weighted by Gasteiger charge is 2.18. The standard InChI is InChI=1S/C11H14ClIN2O/c1-2-8-10(13)11(12)15-9(14-8)5-7-3-4-16-6-7/h7H,2-6H2,1H3. The summed E-state index contributed by atoms with van der Waals surface area (Å²) >= 11 is 8.30. The zero-order chi connectivity index (χ0) is 11.5. The molecule has 0 aromatic carbocycles. The van der Waals surface area contributed by atoms with Gasteiger partial charge in [-0.05, 0) is 41.4 Å². The van der Waals surface area contributed by atoms with Crippen LogP contribution in [0.15, 0.2) is 0 Å². The van der Waals surface area contributed by atoms with E-state index in [1.54, 1.807) is 0 Å². The van der Waals surface area contributed by atoms with Crippen molar-refractivity contribution in [2.45, 2.75) is 26.2 Å². The van der Waals surface area contributed by atoms with Crippen LogP contribution in [0.3, 0.4) is 0 Å². The van der Waals surface area contributed by atoms with Crippen molar-refractivity contribution >= 4 is 34.2 Å². The molecule has 1 aliphatic rings. The lowest BCUT2D eigenvalue weighted by molar-refractivity contribution is 0.185. The average Bonchev–Trinajstić information content (AvgIpc) is 2.76. The number of rotatable bonds is 3. The predicted octanol–water partition coefficient (Wildman–Crippen LogP) is 2.88. The van der Waals surface area contributed by atoms with E-state index in [1.807, 2.05) is 0 Å². The maximum Gasteiger partial charge on any atom is 0.146 e. The van der Waals surface area contributed by atoms with E-state index in [9.17, 15) is 0 Å². The summed E-state index contributed by atoms with van der Waals surface area (Å²) in [5.41, 5.74) is 1.05. The van der Waals surface area contributed by atoms with Gasteiger partial charge in [-0.25, -0.2) is 9.97 Å². The van der Waals surface area contributed by atoms with Gasteiger partial charge >= 0.3 is 0 Å². The van der Waals surface area contributed by atoms with E-state index in [-0.39, 0.29) is 0 Å². The number of nitrogens with zero attached hydrogens (tertiary/aromatic N) is 2. The van der Waals surface area contributed by atoms with Gasteiger partial charge in [0.05, 0.1) is 9.26 Å². The monoisotopic (exact) mass is 352 g/mol. The fourth-order valence-electron chi connectivity index (χ4n) is 1.84. The van der Waals surface area contributed by atoms with E-state index in [0.29, 0.717) is 11.1 Å². The number of ether oxygens (including phenoxy) is 1. The Bertz CT molecular complexity index is 380. The molecule has 0 amide bonds. The zero-order valence-corrected chi connectivity index (χ0v) is 12.1. The van der Waals surface area contributed by atoms with Crippen molar-refractivity contribution in [2.24, 2.45) is 5.92 Å². The van der Waals surface area contributed by atoms with Gasteiger partial charge in [0.2, 0.25) is 0 Å². The van der Waals surface area contributed by atoms with Crippen LogP contribution in [0.5, 0.6) is 0 Å². The second-order valence-corrected chi connectivity index (χ2v) is 5.42. The van der Waals surface area contributed by atoms with E-state index >= 15 is 0 Å². The summed E-state index contributed by atoms with van der Waals surface area (Å²) in [7, 11) is 0. The molecule has 1 aromatic rings. The molecular weight excluding hydrogens is 338 g/mol. The van der Waals surface area contributed by atoms with Crippen molar-refractivity contribution in [3.05, 3.63) is 20.2 Å². The van der Waals surface area contributed by atoms with Crippen LogP contribution in [0.2, 0.25) is 5.15 Å². The third-order valence-electron chi connectivity index (χ3n) is 2.76. The maximum atomic E-state index is 6.09. The second kappa shape index (κ2) is 5.60. The summed E-state index contributed by atoms with van der Waals surface area (Å²) in [5, 5.41) is 0.585. The van der Waals surface area contributed by atoms with Gasteiger partial charge in [-0.1, -0.05) is 18.5 Å². The third-order valence-corrected chi connectivity index (χ3v) is 4.48. The van der Waals surface area contributed by atoms with Gasteiger partial charge in [0, 0.05) is 19.6 Å². The highest BCUT2D eigenvalue weighted by molar-refractivity contribution is 14.1. The molecule has 5 heteroatoms. The first-order valence-electron chi connectivity index (χ1n) is 5.49. The van der Waals surface area contributed by atoms with Crippen LogP contribution in [0.4, 0.5) is 0 Å². The Kier molecular flexibility index (Phi) is 4.38. The molecular formula is C11H14ClIN2O. The van der Waals surface area contributed by atoms with Crippen molar-refractivity contribution in [3.63, 3.8) is 0 Å². The molecule has 1 unspecified atom stereocenters. The van der Waals surface area contributed by atoms with Crippen LogP contribution in [-0.2, 0) is 17.6 Å². The molecule has 1 aliphatic heterocycles. The molecule has 1 fully saturated rings. The Morgan fingerprint density at radius 2 is 2.31 bits per heavy atom. The Morgan fingerprint density at radius 3 is 2.94 bits per heavy atom. The summed E-state index contributed by atoms with van der Waals surface area (Å²) in [6, 6.07) is 0. The summed E-state index contributed by atoms with van der Waals surface area (Å²) < 4.78 is 6.33. The molecule has 1 saturated heterocycles. The zero-order valence-electron chi connectivity index (χ0n) is 9.17. The lowest BCUT2D eigenvalue weighted by Crippen LogP contribution is -2.10. The van der Waals surface area contributed by atoms with Crippen LogP contribution < -0.4 is 0 Å². The van der Waals surface area contributed by atoms with E-state index in [4.69, 9.17) is 16.3 Å². The first-order chi connectivity index (χ1) is 7.70. The Balaban J connectivity index is 2.17. The molecule has 2 rings (SSSR count). The van der Waals surface area contributed by atoms with E-state index in [1.165, 1.54) is 0 Å². The minimum atomic E-state index is 0.556. The molecule has 1 aromatic heterocycles. The summed E-state index contributed by atoms with van der Waals surface area (Å²) in [6.45, 7) is 3.78. The Hall–Kier alpha value is 0.0600. The van der Waals surface area contributed by atoms with Gasteiger partial charge in [0.15, 0.2) is 0 Å². The van der Waals surface area contributed by atoms with Gasteiger partial charge in [-0.2, -0.15) is 0 Å². The van der Waals surface area contributed by atoms with Crippen LogP contribution in [0.1, 0.15) is 24.9 Å². The fourth-order valence-corrected chi connectivity index (χ4v) is 2.67. The molecule has 0 radical (unpaired) electrons. The number of aryl methyl sites for hydroxylation is 1. The Labute approximate surface area is 114 Å². The average molecular weight is 353 g/mol. The molecule has 1 atom stereocenters. The van der Waals surface area contributed by atoms with Crippen molar-refractivity contribution in [2.75, 3.05) is 13.2 Å². The molecule has 0 spiro atoms. The number of aromatic nitrogens is 2. The Morgan fingerprint density at radius 1 is 1.50 bits per heavy atom. The fraction of sp³-hybridized carbons (Fsp3) is 0.636. The van der Waals surface area contributed by atoms with E-state index in [0.717, 1.165) is 47.6 Å². The number of hydrogen-bond donors (Lipinski definition) is 0. The number of hydrogen-bond acceptors (Lipinski definition) is 3. The topological polar surface area (TPSA) is 35.0 Å². The minimum Gasteiger partial charge on any atom is -0.381 e. The highest BCUT2D eigenvalue weighted by Crippen LogP contribution is 2.22. The predicted molar refractivity (Wildman–Crippen MR) is 71.8 cm³/mol. The quantitative estimate of drug-likeness (QED) is 0.620. The molecule has 0 bridgehead atoms. The molecule has 0 N–H and O–H groups in total. The molecule has 0 aliphatic carbocycles. The first kappa shape index (κ1) is 12.5. The van der Waals surface area contributed by atoms with Crippen molar-refractivity contribution < 1.29 is 4.74 Å². The van der Waals surface area contributed by atoms with Crippen molar-refractivity contribution in [1.82, 2.24) is 9.97 Å². The normalized spacial score (nSPS) is 20.3. The largest absolute Gasteiger partial charge is 0.381 e. The van der Waals surface area contributed by atoms with Gasteiger partial charge in [0.25, 0.3) is 0 Å². The van der Waals surface area contributed by atoms with Crippen LogP contribution in [0.25, 0.3) is 0 Å². The van der Waals surface area contributed by atoms with Gasteiger partial charge in [-0.15, -0.1) is 0 Å².